The monoisotopic (exact) mass is 272 g/mol. The predicted molar refractivity (Wildman–Crippen MR) is 79.4 cm³/mol. The van der Waals surface area contributed by atoms with E-state index in [1.807, 2.05) is 19.1 Å². The van der Waals surface area contributed by atoms with Crippen molar-refractivity contribution in [2.45, 2.75) is 39.8 Å². The molecule has 0 fully saturated rings. The fourth-order valence-electron chi connectivity index (χ4n) is 1.74. The highest BCUT2D eigenvalue weighted by Gasteiger charge is 2.11. The minimum absolute atomic E-state index is 0.0218. The van der Waals surface area contributed by atoms with Crippen molar-refractivity contribution in [2.24, 2.45) is 0 Å². The molecule has 2 N–H and O–H groups in total. The van der Waals surface area contributed by atoms with Crippen LogP contribution in [0.1, 0.15) is 32.0 Å². The smallest absolute Gasteiger partial charge is 0.251 e. The number of nitrogens with one attached hydrogen (secondary N) is 2. The number of aromatic nitrogens is 3. The maximum atomic E-state index is 11.7. The van der Waals surface area contributed by atoms with Crippen LogP contribution in [0.2, 0.25) is 0 Å². The third-order valence-corrected chi connectivity index (χ3v) is 2.75. The molecule has 2 aromatic rings. The Balaban J connectivity index is 2.32. The van der Waals surface area contributed by atoms with Crippen molar-refractivity contribution < 1.29 is 0 Å². The highest BCUT2D eigenvalue weighted by Crippen LogP contribution is 2.12. The Morgan fingerprint density at radius 3 is 2.70 bits per heavy atom. The summed E-state index contributed by atoms with van der Waals surface area (Å²) in [5.74, 6) is 0.506. The second-order valence-corrected chi connectivity index (χ2v) is 5.91. The lowest BCUT2D eigenvalue weighted by atomic mass is 10.1. The molecule has 0 aromatic carbocycles. The molecule has 0 unspecified atom stereocenters. The summed E-state index contributed by atoms with van der Waals surface area (Å²) in [6.45, 7) is 8.75. The van der Waals surface area contributed by atoms with Gasteiger partial charge in [-0.05, 0) is 45.4 Å². The van der Waals surface area contributed by atoms with Crippen LogP contribution in [0.5, 0.6) is 0 Å². The van der Waals surface area contributed by atoms with E-state index in [2.05, 4.69) is 41.0 Å². The van der Waals surface area contributed by atoms with Crippen molar-refractivity contribution in [3.63, 3.8) is 0 Å². The van der Waals surface area contributed by atoms with Crippen molar-refractivity contribution in [2.75, 3.05) is 0 Å². The number of hydrogen-bond donors (Lipinski definition) is 2. The molecule has 0 spiro atoms. The van der Waals surface area contributed by atoms with E-state index in [0.29, 0.717) is 23.8 Å². The number of aromatic amines is 1. The Morgan fingerprint density at radius 1 is 1.30 bits per heavy atom. The van der Waals surface area contributed by atoms with Crippen LogP contribution in [0.3, 0.4) is 0 Å². The van der Waals surface area contributed by atoms with Crippen LogP contribution in [-0.2, 0) is 6.54 Å². The molecule has 0 saturated heterocycles. The maximum Gasteiger partial charge on any atom is 0.251 e. The summed E-state index contributed by atoms with van der Waals surface area (Å²) in [6, 6.07) is 5.32. The van der Waals surface area contributed by atoms with E-state index >= 15 is 0 Å². The van der Waals surface area contributed by atoms with Gasteiger partial charge in [0, 0.05) is 24.3 Å². The first-order valence-corrected chi connectivity index (χ1v) is 6.62. The van der Waals surface area contributed by atoms with Crippen LogP contribution in [0.4, 0.5) is 0 Å². The maximum absolute atomic E-state index is 11.7. The normalized spacial score (nSPS) is 11.6. The number of H-pyrrole nitrogens is 1. The molecule has 5 heteroatoms. The number of pyridine rings is 1. The predicted octanol–water partition coefficient (Wildman–Crippen LogP) is 2.03. The summed E-state index contributed by atoms with van der Waals surface area (Å²) in [4.78, 5) is 23.2. The molecule has 0 radical (unpaired) electrons. The molecule has 20 heavy (non-hydrogen) atoms. The van der Waals surface area contributed by atoms with E-state index in [9.17, 15) is 4.79 Å². The summed E-state index contributed by atoms with van der Waals surface area (Å²) in [7, 11) is 0. The molecule has 0 bridgehead atoms. The second kappa shape index (κ2) is 5.54. The molecule has 2 aromatic heterocycles. The number of aryl methyl sites for hydroxylation is 1. The molecule has 2 rings (SSSR count). The minimum atomic E-state index is -0.163. The van der Waals surface area contributed by atoms with E-state index in [1.54, 1.807) is 6.20 Å². The molecular formula is C15H20N4O. The fraction of sp³-hybridized carbons (Fsp3) is 0.400. The first kappa shape index (κ1) is 14.4. The average Bonchev–Trinajstić information content (AvgIpc) is 2.35. The van der Waals surface area contributed by atoms with Crippen LogP contribution in [0.25, 0.3) is 11.5 Å². The van der Waals surface area contributed by atoms with Crippen molar-refractivity contribution >= 4 is 0 Å². The van der Waals surface area contributed by atoms with Gasteiger partial charge in [0.05, 0.1) is 5.69 Å². The highest BCUT2D eigenvalue weighted by molar-refractivity contribution is 5.49. The first-order valence-electron chi connectivity index (χ1n) is 6.62. The van der Waals surface area contributed by atoms with Crippen molar-refractivity contribution in [1.29, 1.82) is 0 Å². The number of rotatable bonds is 3. The van der Waals surface area contributed by atoms with Crippen LogP contribution >= 0.6 is 0 Å². The van der Waals surface area contributed by atoms with Crippen LogP contribution in [0.15, 0.2) is 29.2 Å². The zero-order valence-corrected chi connectivity index (χ0v) is 12.3. The lowest BCUT2D eigenvalue weighted by Crippen LogP contribution is -2.35. The van der Waals surface area contributed by atoms with E-state index in [1.165, 1.54) is 6.07 Å². The van der Waals surface area contributed by atoms with Gasteiger partial charge >= 0.3 is 0 Å². The highest BCUT2D eigenvalue weighted by atomic mass is 16.1. The quantitative estimate of drug-likeness (QED) is 0.897. The number of hydrogen-bond acceptors (Lipinski definition) is 4. The Kier molecular flexibility index (Phi) is 3.99. The zero-order chi connectivity index (χ0) is 14.8. The Hall–Kier alpha value is -2.01. The Bertz CT molecular complexity index is 655. The number of nitrogens with zero attached hydrogens (tertiary/aromatic N) is 2. The molecule has 0 aliphatic carbocycles. The molecule has 0 amide bonds. The van der Waals surface area contributed by atoms with Gasteiger partial charge in [-0.2, -0.15) is 0 Å². The van der Waals surface area contributed by atoms with E-state index in [-0.39, 0.29) is 11.1 Å². The molecule has 0 saturated carbocycles. The largest absolute Gasteiger partial charge is 0.306 e. The summed E-state index contributed by atoms with van der Waals surface area (Å²) >= 11 is 0. The standard InChI is InChI=1S/C15H20N4O/c1-10-5-6-16-12(7-10)14-18-11(8-13(20)19-14)9-17-15(2,3)4/h5-8,17H,9H2,1-4H3,(H,18,19,20). The van der Waals surface area contributed by atoms with Crippen molar-refractivity contribution in [1.82, 2.24) is 20.3 Å². The lowest BCUT2D eigenvalue weighted by Gasteiger charge is -2.20. The van der Waals surface area contributed by atoms with Gasteiger partial charge in [0.2, 0.25) is 0 Å². The van der Waals surface area contributed by atoms with Crippen LogP contribution in [-0.4, -0.2) is 20.5 Å². The lowest BCUT2D eigenvalue weighted by molar-refractivity contribution is 0.421. The third-order valence-electron chi connectivity index (χ3n) is 2.75. The topological polar surface area (TPSA) is 70.7 Å². The SMILES string of the molecule is Cc1ccnc(-c2nc(CNC(C)(C)C)cc(=O)[nH]2)c1. The first-order chi connectivity index (χ1) is 9.33. The average molecular weight is 272 g/mol. The van der Waals surface area contributed by atoms with Gasteiger partial charge in [-0.25, -0.2) is 4.98 Å². The molecular weight excluding hydrogens is 252 g/mol. The van der Waals surface area contributed by atoms with Gasteiger partial charge in [-0.1, -0.05) is 0 Å². The summed E-state index contributed by atoms with van der Waals surface area (Å²) in [6.07, 6.45) is 1.71. The van der Waals surface area contributed by atoms with Crippen molar-refractivity contribution in [3.05, 3.63) is 46.0 Å². The molecule has 0 aliphatic heterocycles. The Morgan fingerprint density at radius 2 is 2.05 bits per heavy atom. The Labute approximate surface area is 118 Å². The fourth-order valence-corrected chi connectivity index (χ4v) is 1.74. The minimum Gasteiger partial charge on any atom is -0.306 e. The molecule has 5 nitrogen and oxygen atoms in total. The molecule has 2 heterocycles. The van der Waals surface area contributed by atoms with Gasteiger partial charge in [0.1, 0.15) is 5.69 Å². The van der Waals surface area contributed by atoms with Gasteiger partial charge in [0.15, 0.2) is 5.82 Å². The van der Waals surface area contributed by atoms with E-state index in [4.69, 9.17) is 0 Å². The summed E-state index contributed by atoms with van der Waals surface area (Å²) in [5.41, 5.74) is 2.29. The molecule has 0 atom stereocenters. The van der Waals surface area contributed by atoms with E-state index < -0.39 is 0 Å². The van der Waals surface area contributed by atoms with Gasteiger partial charge in [-0.15, -0.1) is 0 Å². The van der Waals surface area contributed by atoms with Gasteiger partial charge < -0.3 is 10.3 Å². The zero-order valence-electron chi connectivity index (χ0n) is 12.3. The van der Waals surface area contributed by atoms with Crippen LogP contribution in [0, 0.1) is 6.92 Å². The molecule has 106 valence electrons. The van der Waals surface area contributed by atoms with Gasteiger partial charge in [0.25, 0.3) is 5.56 Å². The van der Waals surface area contributed by atoms with E-state index in [0.717, 1.165) is 5.56 Å². The van der Waals surface area contributed by atoms with Crippen LogP contribution < -0.4 is 10.9 Å². The summed E-state index contributed by atoms with van der Waals surface area (Å²) in [5, 5.41) is 3.32. The summed E-state index contributed by atoms with van der Waals surface area (Å²) < 4.78 is 0. The van der Waals surface area contributed by atoms with Gasteiger partial charge in [-0.3, -0.25) is 9.78 Å². The second-order valence-electron chi connectivity index (χ2n) is 5.91. The molecule has 0 aliphatic rings. The third kappa shape index (κ3) is 3.99. The van der Waals surface area contributed by atoms with Crippen molar-refractivity contribution in [3.8, 4) is 11.5 Å².